The second-order valence-corrected chi connectivity index (χ2v) is 11.1. The van der Waals surface area contributed by atoms with Crippen LogP contribution in [-0.2, 0) is 21.2 Å². The Hall–Kier alpha value is -2.54. The van der Waals surface area contributed by atoms with Gasteiger partial charge in [0.15, 0.2) is 0 Å². The number of benzene rings is 1. The SMILES string of the molecule is COCC(C)NCCCS(=O)(=O)N1CCC(Nc2ncc(Cc3cc(F)ccc3OC)c(N)n2)CC1. The van der Waals surface area contributed by atoms with E-state index in [9.17, 15) is 12.8 Å². The lowest BCUT2D eigenvalue weighted by atomic mass is 10.1. The van der Waals surface area contributed by atoms with Crippen LogP contribution in [0.3, 0.4) is 0 Å². The third-order valence-corrected chi connectivity index (χ3v) is 8.15. The van der Waals surface area contributed by atoms with Gasteiger partial charge in [0.25, 0.3) is 0 Å². The Balaban J connectivity index is 1.48. The van der Waals surface area contributed by atoms with Crippen molar-refractivity contribution in [3.05, 3.63) is 41.3 Å². The van der Waals surface area contributed by atoms with Gasteiger partial charge in [-0.3, -0.25) is 0 Å². The zero-order valence-corrected chi connectivity index (χ0v) is 22.0. The van der Waals surface area contributed by atoms with E-state index in [1.54, 1.807) is 23.7 Å². The van der Waals surface area contributed by atoms with E-state index in [4.69, 9.17) is 15.2 Å². The number of methoxy groups -OCH3 is 2. The van der Waals surface area contributed by atoms with Gasteiger partial charge in [-0.1, -0.05) is 0 Å². The van der Waals surface area contributed by atoms with E-state index in [0.717, 1.165) is 0 Å². The normalized spacial score (nSPS) is 16.1. The molecule has 1 saturated heterocycles. The Morgan fingerprint density at radius 1 is 1.25 bits per heavy atom. The second kappa shape index (κ2) is 13.1. The summed E-state index contributed by atoms with van der Waals surface area (Å²) < 4.78 is 51.0. The lowest BCUT2D eigenvalue weighted by molar-refractivity contribution is 0.172. The largest absolute Gasteiger partial charge is 0.496 e. The van der Waals surface area contributed by atoms with Crippen molar-refractivity contribution in [2.45, 2.75) is 44.7 Å². The third kappa shape index (κ3) is 7.99. The van der Waals surface area contributed by atoms with Gasteiger partial charge in [-0.25, -0.2) is 22.1 Å². The van der Waals surface area contributed by atoms with Crippen LogP contribution in [0.2, 0.25) is 0 Å². The average molecular weight is 525 g/mol. The van der Waals surface area contributed by atoms with Crippen LogP contribution in [-0.4, -0.2) is 81.0 Å². The minimum atomic E-state index is -3.29. The van der Waals surface area contributed by atoms with Crippen molar-refractivity contribution >= 4 is 21.8 Å². The molecule has 0 amide bonds. The molecule has 1 atom stereocenters. The monoisotopic (exact) mass is 524 g/mol. The quantitative estimate of drug-likeness (QED) is 0.337. The minimum absolute atomic E-state index is 0.0431. The molecule has 1 unspecified atom stereocenters. The van der Waals surface area contributed by atoms with Crippen molar-refractivity contribution in [3.8, 4) is 5.75 Å². The number of nitrogen functional groups attached to an aromatic ring is 1. The summed E-state index contributed by atoms with van der Waals surface area (Å²) in [5, 5.41) is 6.52. The number of rotatable bonds is 13. The summed E-state index contributed by atoms with van der Waals surface area (Å²) in [5.41, 5.74) is 7.47. The molecule has 0 radical (unpaired) electrons. The Morgan fingerprint density at radius 3 is 2.67 bits per heavy atom. The van der Waals surface area contributed by atoms with Crippen LogP contribution < -0.4 is 21.1 Å². The molecule has 2 aromatic rings. The van der Waals surface area contributed by atoms with Crippen LogP contribution in [0.25, 0.3) is 0 Å². The van der Waals surface area contributed by atoms with E-state index >= 15 is 0 Å². The van der Waals surface area contributed by atoms with Crippen molar-refractivity contribution in [1.29, 1.82) is 0 Å². The molecule has 200 valence electrons. The highest BCUT2D eigenvalue weighted by Crippen LogP contribution is 2.25. The Kier molecular flexibility index (Phi) is 10.2. The molecule has 1 aromatic heterocycles. The van der Waals surface area contributed by atoms with Gasteiger partial charge in [0.05, 0.1) is 19.5 Å². The van der Waals surface area contributed by atoms with E-state index in [2.05, 4.69) is 20.6 Å². The number of hydrogen-bond acceptors (Lipinski definition) is 9. The lowest BCUT2D eigenvalue weighted by Crippen LogP contribution is -2.43. The first kappa shape index (κ1) is 28.0. The van der Waals surface area contributed by atoms with Gasteiger partial charge in [-0.15, -0.1) is 0 Å². The van der Waals surface area contributed by atoms with Crippen LogP contribution in [0.1, 0.15) is 37.3 Å². The zero-order valence-electron chi connectivity index (χ0n) is 21.2. The van der Waals surface area contributed by atoms with E-state index in [1.165, 1.54) is 19.2 Å². The van der Waals surface area contributed by atoms with E-state index < -0.39 is 10.0 Å². The number of piperidine rings is 1. The maximum Gasteiger partial charge on any atom is 0.224 e. The Morgan fingerprint density at radius 2 is 2.00 bits per heavy atom. The number of halogens is 1. The number of aromatic nitrogens is 2. The van der Waals surface area contributed by atoms with Gasteiger partial charge < -0.3 is 25.8 Å². The van der Waals surface area contributed by atoms with Crippen LogP contribution in [0, 0.1) is 5.82 Å². The van der Waals surface area contributed by atoms with Crippen molar-refractivity contribution in [2.24, 2.45) is 0 Å². The first-order valence-corrected chi connectivity index (χ1v) is 13.7. The van der Waals surface area contributed by atoms with Crippen LogP contribution in [0.15, 0.2) is 24.4 Å². The molecule has 36 heavy (non-hydrogen) atoms. The molecule has 1 aliphatic rings. The molecule has 1 aromatic carbocycles. The zero-order chi connectivity index (χ0) is 26.1. The number of ether oxygens (including phenoxy) is 2. The van der Waals surface area contributed by atoms with Crippen LogP contribution in [0.5, 0.6) is 5.75 Å². The maximum absolute atomic E-state index is 13.7. The fourth-order valence-electron chi connectivity index (χ4n) is 4.22. The third-order valence-electron chi connectivity index (χ3n) is 6.19. The summed E-state index contributed by atoms with van der Waals surface area (Å²) in [6.45, 7) is 4.11. The van der Waals surface area contributed by atoms with Crippen LogP contribution >= 0.6 is 0 Å². The molecule has 1 fully saturated rings. The summed E-state index contributed by atoms with van der Waals surface area (Å²) in [4.78, 5) is 8.73. The molecule has 0 saturated carbocycles. The molecule has 2 heterocycles. The number of nitrogens with zero attached hydrogens (tertiary/aromatic N) is 3. The topological polar surface area (TPSA) is 132 Å². The van der Waals surface area contributed by atoms with Crippen molar-refractivity contribution in [2.75, 3.05) is 57.3 Å². The number of nitrogens with one attached hydrogen (secondary N) is 2. The lowest BCUT2D eigenvalue weighted by Gasteiger charge is -2.31. The number of sulfonamides is 1. The minimum Gasteiger partial charge on any atom is -0.496 e. The summed E-state index contributed by atoms with van der Waals surface area (Å²) >= 11 is 0. The predicted octanol–water partition coefficient (Wildman–Crippen LogP) is 2.02. The fourth-order valence-corrected chi connectivity index (χ4v) is 5.75. The smallest absolute Gasteiger partial charge is 0.224 e. The van der Waals surface area contributed by atoms with Gasteiger partial charge in [0, 0.05) is 56.0 Å². The standard InChI is InChI=1S/C24H37FN6O4S/c1-17(16-34-2)27-9-4-12-36(32,33)31-10-7-21(8-11-31)29-24-28-15-19(23(26)30-24)13-18-14-20(25)5-6-22(18)35-3/h5-6,14-15,17,21,27H,4,7-13,16H2,1-3H3,(H3,26,28,29,30). The summed E-state index contributed by atoms with van der Waals surface area (Å²) in [6, 6.07) is 4.55. The maximum atomic E-state index is 13.7. The van der Waals surface area contributed by atoms with E-state index in [-0.39, 0.29) is 23.7 Å². The first-order chi connectivity index (χ1) is 17.2. The molecule has 0 bridgehead atoms. The van der Waals surface area contributed by atoms with Gasteiger partial charge >= 0.3 is 0 Å². The van der Waals surface area contributed by atoms with Crippen molar-refractivity contribution in [3.63, 3.8) is 0 Å². The average Bonchev–Trinajstić information content (AvgIpc) is 2.84. The van der Waals surface area contributed by atoms with E-state index in [0.29, 0.717) is 80.6 Å². The second-order valence-electron chi connectivity index (χ2n) is 9.03. The van der Waals surface area contributed by atoms with Crippen molar-refractivity contribution < 1.29 is 22.3 Å². The molecule has 0 spiro atoms. The fraction of sp³-hybridized carbons (Fsp3) is 0.583. The Bertz CT molecular complexity index is 1100. The summed E-state index contributed by atoms with van der Waals surface area (Å²) in [5.74, 6) is 1.02. The molecular formula is C24H37FN6O4S. The van der Waals surface area contributed by atoms with Gasteiger partial charge in [0.1, 0.15) is 17.4 Å². The molecule has 4 N–H and O–H groups in total. The summed E-state index contributed by atoms with van der Waals surface area (Å²) in [7, 11) is -0.122. The van der Waals surface area contributed by atoms with E-state index in [1.807, 2.05) is 6.92 Å². The molecular weight excluding hydrogens is 487 g/mol. The molecule has 10 nitrogen and oxygen atoms in total. The van der Waals surface area contributed by atoms with Gasteiger partial charge in [-0.2, -0.15) is 4.98 Å². The first-order valence-electron chi connectivity index (χ1n) is 12.1. The Labute approximate surface area is 212 Å². The highest BCUT2D eigenvalue weighted by molar-refractivity contribution is 7.89. The summed E-state index contributed by atoms with van der Waals surface area (Å²) in [6.07, 6.45) is 3.80. The van der Waals surface area contributed by atoms with Crippen molar-refractivity contribution in [1.82, 2.24) is 19.6 Å². The van der Waals surface area contributed by atoms with Gasteiger partial charge in [0.2, 0.25) is 16.0 Å². The molecule has 3 rings (SSSR count). The number of nitrogens with two attached hydrogens (primary N) is 1. The number of hydrogen-bond donors (Lipinski definition) is 3. The highest BCUT2D eigenvalue weighted by Gasteiger charge is 2.28. The molecule has 1 aliphatic heterocycles. The molecule has 0 aliphatic carbocycles. The molecule has 12 heteroatoms. The van der Waals surface area contributed by atoms with Gasteiger partial charge in [-0.05, 0) is 50.9 Å². The highest BCUT2D eigenvalue weighted by atomic mass is 32.2. The predicted molar refractivity (Wildman–Crippen MR) is 138 cm³/mol. The van der Waals surface area contributed by atoms with Crippen LogP contribution in [0.4, 0.5) is 16.2 Å². The number of anilines is 2.